The van der Waals surface area contributed by atoms with Crippen molar-refractivity contribution in [3.05, 3.63) is 101 Å². The molecule has 4 aromatic rings. The number of benzene rings is 3. The first kappa shape index (κ1) is 30.3. The fraction of sp³-hybridized carbons (Fsp3) is 0.375. The Morgan fingerprint density at radius 3 is 2.02 bits per heavy atom. The number of imidazole rings is 1. The lowest BCUT2D eigenvalue weighted by Crippen LogP contribution is -2.38. The second kappa shape index (κ2) is 12.4. The van der Waals surface area contributed by atoms with E-state index in [4.69, 9.17) is 4.74 Å². The summed E-state index contributed by atoms with van der Waals surface area (Å²) in [4.78, 5) is 17.7. The molecule has 0 radical (unpaired) electrons. The minimum absolute atomic E-state index is 0.0285. The first-order valence-electron chi connectivity index (χ1n) is 13.9. The fourth-order valence-corrected chi connectivity index (χ4v) is 5.34. The van der Waals surface area contributed by atoms with Crippen LogP contribution in [0.3, 0.4) is 0 Å². The summed E-state index contributed by atoms with van der Waals surface area (Å²) in [5.74, 6) is -0.0285. The van der Waals surface area contributed by atoms with Gasteiger partial charge in [0, 0.05) is 6.54 Å². The molecule has 0 aliphatic heterocycles. The third kappa shape index (κ3) is 7.95. The van der Waals surface area contributed by atoms with Crippen molar-refractivity contribution in [1.82, 2.24) is 13.9 Å². The molecule has 0 saturated heterocycles. The topological polar surface area (TPSA) is 94.7 Å². The van der Waals surface area contributed by atoms with Gasteiger partial charge in [0.15, 0.2) is 0 Å². The number of sulfonamides is 1. The number of para-hydroxylation sites is 2. The number of amides is 1. The highest BCUT2D eigenvalue weighted by molar-refractivity contribution is 7.89. The van der Waals surface area contributed by atoms with Crippen LogP contribution < -0.4 is 10.3 Å². The van der Waals surface area contributed by atoms with E-state index in [1.54, 1.807) is 27.7 Å². The summed E-state index contributed by atoms with van der Waals surface area (Å²) in [5.41, 5.74) is 5.78. The highest BCUT2D eigenvalue weighted by atomic mass is 32.2. The zero-order valence-electron chi connectivity index (χ0n) is 24.7. The Bertz CT molecular complexity index is 1680. The number of carbonyl (C=O) groups is 1. The Morgan fingerprint density at radius 1 is 0.902 bits per heavy atom. The SMILES string of the molecule is CCS(=O)(=O)NCC(Cc1ccc(C)cc1)n1c(=NC(=O)OC(C)(C)C)n(Cc2ccc(C)cc2)c2ccccc21. The average Bonchev–Trinajstić information content (AvgIpc) is 3.20. The molecule has 41 heavy (non-hydrogen) atoms. The van der Waals surface area contributed by atoms with Crippen molar-refractivity contribution in [2.45, 2.75) is 66.2 Å². The van der Waals surface area contributed by atoms with Gasteiger partial charge in [0.2, 0.25) is 15.6 Å². The van der Waals surface area contributed by atoms with Gasteiger partial charge in [-0.1, -0.05) is 71.8 Å². The summed E-state index contributed by atoms with van der Waals surface area (Å²) < 4.78 is 37.5. The maximum Gasteiger partial charge on any atom is 0.437 e. The molecule has 1 amide bonds. The molecule has 0 aliphatic rings. The lowest BCUT2D eigenvalue weighted by Gasteiger charge is -2.21. The molecule has 1 atom stereocenters. The van der Waals surface area contributed by atoms with E-state index >= 15 is 0 Å². The van der Waals surface area contributed by atoms with E-state index in [9.17, 15) is 13.2 Å². The maximum absolute atomic E-state index is 13.2. The van der Waals surface area contributed by atoms with Crippen LogP contribution in [0.4, 0.5) is 4.79 Å². The molecular weight excluding hydrogens is 536 g/mol. The number of hydrogen-bond donors (Lipinski definition) is 1. The van der Waals surface area contributed by atoms with Crippen molar-refractivity contribution < 1.29 is 17.9 Å². The zero-order valence-corrected chi connectivity index (χ0v) is 25.5. The van der Waals surface area contributed by atoms with E-state index in [0.717, 1.165) is 33.3 Å². The summed E-state index contributed by atoms with van der Waals surface area (Å²) in [6, 6.07) is 23.9. The summed E-state index contributed by atoms with van der Waals surface area (Å²) in [5, 5.41) is 0. The number of rotatable bonds is 9. The molecule has 1 heterocycles. The van der Waals surface area contributed by atoms with Gasteiger partial charge in [0.25, 0.3) is 0 Å². The van der Waals surface area contributed by atoms with Crippen molar-refractivity contribution >= 4 is 27.1 Å². The van der Waals surface area contributed by atoms with Crippen LogP contribution in [0.25, 0.3) is 11.0 Å². The molecule has 1 aromatic heterocycles. The lowest BCUT2D eigenvalue weighted by molar-refractivity contribution is 0.0593. The first-order valence-corrected chi connectivity index (χ1v) is 15.6. The lowest BCUT2D eigenvalue weighted by atomic mass is 10.0. The minimum Gasteiger partial charge on any atom is -0.442 e. The second-order valence-electron chi connectivity index (χ2n) is 11.4. The van der Waals surface area contributed by atoms with Gasteiger partial charge in [-0.2, -0.15) is 0 Å². The molecule has 0 fully saturated rings. The number of aromatic nitrogens is 2. The number of hydrogen-bond acceptors (Lipinski definition) is 4. The van der Waals surface area contributed by atoms with Crippen LogP contribution in [0.5, 0.6) is 0 Å². The molecule has 0 bridgehead atoms. The quantitative estimate of drug-likeness (QED) is 0.278. The molecule has 218 valence electrons. The van der Waals surface area contributed by atoms with E-state index < -0.39 is 21.7 Å². The number of fused-ring (bicyclic) bond motifs is 1. The van der Waals surface area contributed by atoms with E-state index in [0.29, 0.717) is 18.6 Å². The van der Waals surface area contributed by atoms with Crippen LogP contribution in [0.1, 0.15) is 56.0 Å². The summed E-state index contributed by atoms with van der Waals surface area (Å²) in [6.07, 6.45) is -0.186. The van der Waals surface area contributed by atoms with Crippen molar-refractivity contribution in [3.63, 3.8) is 0 Å². The molecule has 3 aromatic carbocycles. The highest BCUT2D eigenvalue weighted by Crippen LogP contribution is 2.22. The number of nitrogens with zero attached hydrogens (tertiary/aromatic N) is 3. The number of aryl methyl sites for hydroxylation is 2. The van der Waals surface area contributed by atoms with Gasteiger partial charge >= 0.3 is 6.09 Å². The van der Waals surface area contributed by atoms with Gasteiger partial charge < -0.3 is 13.9 Å². The van der Waals surface area contributed by atoms with Gasteiger partial charge in [-0.25, -0.2) is 17.9 Å². The third-order valence-corrected chi connectivity index (χ3v) is 8.18. The molecule has 4 rings (SSSR count). The molecule has 0 aliphatic carbocycles. The van der Waals surface area contributed by atoms with Crippen LogP contribution in [0.2, 0.25) is 0 Å². The van der Waals surface area contributed by atoms with Crippen LogP contribution in [0, 0.1) is 13.8 Å². The average molecular weight is 577 g/mol. The predicted molar refractivity (Wildman–Crippen MR) is 163 cm³/mol. The molecule has 1 N–H and O–H groups in total. The standard InChI is InChI=1S/C32H40N4O4S/c1-7-41(38,39)33-21-27(20-25-16-12-23(2)13-17-25)36-29-11-9-8-10-28(29)35(22-26-18-14-24(3)15-19-26)30(36)34-31(37)40-32(4,5)6/h8-19,27,33H,7,20-22H2,1-6H3. The Morgan fingerprint density at radius 2 is 1.46 bits per heavy atom. The largest absolute Gasteiger partial charge is 0.442 e. The Labute approximate surface area is 242 Å². The second-order valence-corrected chi connectivity index (χ2v) is 13.5. The van der Waals surface area contributed by atoms with E-state index in [2.05, 4.69) is 34.0 Å². The summed E-state index contributed by atoms with van der Waals surface area (Å²) in [7, 11) is -3.47. The smallest absolute Gasteiger partial charge is 0.437 e. The maximum atomic E-state index is 13.2. The molecule has 8 nitrogen and oxygen atoms in total. The van der Waals surface area contributed by atoms with Gasteiger partial charge in [-0.05, 0) is 71.2 Å². The van der Waals surface area contributed by atoms with Gasteiger partial charge in [0.1, 0.15) is 5.60 Å². The van der Waals surface area contributed by atoms with Crippen LogP contribution in [-0.4, -0.2) is 41.5 Å². The predicted octanol–water partition coefficient (Wildman–Crippen LogP) is 5.67. The summed E-state index contributed by atoms with van der Waals surface area (Å²) >= 11 is 0. The Hall–Kier alpha value is -3.69. The van der Waals surface area contributed by atoms with Crippen molar-refractivity contribution in [3.8, 4) is 0 Å². The Balaban J connectivity index is 1.96. The molecule has 9 heteroatoms. The van der Waals surface area contributed by atoms with Crippen LogP contribution in [-0.2, 0) is 27.7 Å². The minimum atomic E-state index is -3.47. The van der Waals surface area contributed by atoms with Gasteiger partial charge in [-0.3, -0.25) is 0 Å². The number of carbonyl (C=O) groups excluding carboxylic acids is 1. The third-order valence-electron chi connectivity index (χ3n) is 6.81. The molecule has 0 spiro atoms. The normalized spacial score (nSPS) is 13.5. The number of nitrogens with one attached hydrogen (secondary N) is 1. The number of ether oxygens (including phenoxy) is 1. The molecule has 1 unspecified atom stereocenters. The first-order chi connectivity index (χ1) is 19.3. The monoisotopic (exact) mass is 576 g/mol. The van der Waals surface area contributed by atoms with Gasteiger partial charge in [-0.15, -0.1) is 4.99 Å². The molecular formula is C32H40N4O4S. The van der Waals surface area contributed by atoms with Crippen molar-refractivity contribution in [2.75, 3.05) is 12.3 Å². The summed E-state index contributed by atoms with van der Waals surface area (Å²) in [6.45, 7) is 11.7. The van der Waals surface area contributed by atoms with Crippen molar-refractivity contribution in [1.29, 1.82) is 0 Å². The van der Waals surface area contributed by atoms with Gasteiger partial charge in [0.05, 0.1) is 29.4 Å². The van der Waals surface area contributed by atoms with E-state index in [-0.39, 0.29) is 18.3 Å². The van der Waals surface area contributed by atoms with Crippen LogP contribution in [0.15, 0.2) is 77.8 Å². The van der Waals surface area contributed by atoms with Crippen LogP contribution >= 0.6 is 0 Å². The molecule has 0 saturated carbocycles. The van der Waals surface area contributed by atoms with E-state index in [1.807, 2.05) is 71.5 Å². The highest BCUT2D eigenvalue weighted by Gasteiger charge is 2.24. The Kier molecular flexibility index (Phi) is 9.19. The van der Waals surface area contributed by atoms with E-state index in [1.165, 1.54) is 0 Å². The zero-order chi connectivity index (χ0) is 29.8. The fourth-order valence-electron chi connectivity index (χ4n) is 4.69. The van der Waals surface area contributed by atoms with Crippen molar-refractivity contribution in [2.24, 2.45) is 4.99 Å².